The highest BCUT2D eigenvalue weighted by Crippen LogP contribution is 2.29. The fraction of sp³-hybridized carbons (Fsp3) is 0.130. The van der Waals surface area contributed by atoms with Crippen LogP contribution >= 0.6 is 0 Å². The summed E-state index contributed by atoms with van der Waals surface area (Å²) in [7, 11) is 2.99. The molecule has 0 bridgehead atoms. The minimum Gasteiger partial charge on any atom is -0.495 e. The van der Waals surface area contributed by atoms with E-state index in [1.54, 1.807) is 19.2 Å². The zero-order valence-electron chi connectivity index (χ0n) is 18.4. The molecule has 0 aliphatic rings. The molecule has 34 heavy (non-hydrogen) atoms. The number of amides is 2. The fourth-order valence-corrected chi connectivity index (χ4v) is 3.65. The summed E-state index contributed by atoms with van der Waals surface area (Å²) in [6, 6.07) is 9.60. The summed E-state index contributed by atoms with van der Waals surface area (Å²) in [4.78, 5) is 52.9. The number of hydrogen-bond donors (Lipinski definition) is 3. The van der Waals surface area contributed by atoms with Crippen LogP contribution in [-0.4, -0.2) is 33.0 Å². The van der Waals surface area contributed by atoms with Gasteiger partial charge in [0.15, 0.2) is 0 Å². The molecule has 174 valence electrons. The van der Waals surface area contributed by atoms with Gasteiger partial charge in [0.25, 0.3) is 11.5 Å². The standard InChI is InChI=1S/C23H20FN5O5/c1-12(30)25-14-6-9-18(34-3)17(10-14)26-21(31)16-11-28(2)20-19(16)27-23(33)29(22(20)32)15-7-4-13(24)5-8-15/h4-11H,1-3H3,(H,25,30)(H,26,31)(H,27,33). The van der Waals surface area contributed by atoms with Crippen LogP contribution in [0.5, 0.6) is 5.75 Å². The lowest BCUT2D eigenvalue weighted by Crippen LogP contribution is -2.34. The number of methoxy groups -OCH3 is 1. The van der Waals surface area contributed by atoms with E-state index in [0.717, 1.165) is 16.7 Å². The second-order valence-electron chi connectivity index (χ2n) is 7.47. The molecule has 0 unspecified atom stereocenters. The number of aromatic amines is 1. The summed E-state index contributed by atoms with van der Waals surface area (Å²) >= 11 is 0. The number of halogens is 1. The number of hydrogen-bond acceptors (Lipinski definition) is 5. The van der Waals surface area contributed by atoms with E-state index in [1.165, 1.54) is 43.0 Å². The fourth-order valence-electron chi connectivity index (χ4n) is 3.65. The van der Waals surface area contributed by atoms with E-state index in [4.69, 9.17) is 4.74 Å². The number of aryl methyl sites for hydroxylation is 1. The van der Waals surface area contributed by atoms with Gasteiger partial charge in [0.05, 0.1) is 29.6 Å². The van der Waals surface area contributed by atoms with Crippen molar-refractivity contribution in [2.24, 2.45) is 7.05 Å². The van der Waals surface area contributed by atoms with Crippen LogP contribution in [0.3, 0.4) is 0 Å². The predicted molar refractivity (Wildman–Crippen MR) is 124 cm³/mol. The molecule has 0 aliphatic heterocycles. The molecule has 4 aromatic rings. The van der Waals surface area contributed by atoms with Crippen LogP contribution in [0.15, 0.2) is 58.3 Å². The molecule has 10 nitrogen and oxygen atoms in total. The first kappa shape index (κ1) is 22.5. The van der Waals surface area contributed by atoms with E-state index in [2.05, 4.69) is 15.6 Å². The Labute approximate surface area is 191 Å². The molecule has 2 aromatic carbocycles. The highest BCUT2D eigenvalue weighted by atomic mass is 19.1. The van der Waals surface area contributed by atoms with E-state index >= 15 is 0 Å². The van der Waals surface area contributed by atoms with Gasteiger partial charge in [0, 0.05) is 25.9 Å². The first-order valence-corrected chi connectivity index (χ1v) is 10.1. The number of H-pyrrole nitrogens is 1. The molecule has 0 atom stereocenters. The number of ether oxygens (including phenoxy) is 1. The summed E-state index contributed by atoms with van der Waals surface area (Å²) < 4.78 is 20.8. The zero-order valence-corrected chi connectivity index (χ0v) is 18.4. The second-order valence-corrected chi connectivity index (χ2v) is 7.47. The maximum Gasteiger partial charge on any atom is 0.333 e. The van der Waals surface area contributed by atoms with E-state index < -0.39 is 23.0 Å². The first-order valence-electron chi connectivity index (χ1n) is 10.1. The second kappa shape index (κ2) is 8.70. The molecule has 3 N–H and O–H groups in total. The quantitative estimate of drug-likeness (QED) is 0.417. The smallest absolute Gasteiger partial charge is 0.333 e. The molecule has 11 heteroatoms. The third kappa shape index (κ3) is 4.06. The average Bonchev–Trinajstić information content (AvgIpc) is 3.11. The first-order chi connectivity index (χ1) is 16.2. The van der Waals surface area contributed by atoms with Crippen LogP contribution in [0.4, 0.5) is 15.8 Å². The van der Waals surface area contributed by atoms with Crippen molar-refractivity contribution >= 4 is 34.2 Å². The van der Waals surface area contributed by atoms with Gasteiger partial charge in [0.2, 0.25) is 5.91 Å². The number of rotatable bonds is 5. The van der Waals surface area contributed by atoms with Gasteiger partial charge in [-0.05, 0) is 42.5 Å². The summed E-state index contributed by atoms with van der Waals surface area (Å²) in [5.74, 6) is -1.06. The third-order valence-electron chi connectivity index (χ3n) is 5.12. The highest BCUT2D eigenvalue weighted by molar-refractivity contribution is 6.12. The number of aromatic nitrogens is 3. The predicted octanol–water partition coefficient (Wildman–Crippen LogP) is 2.38. The lowest BCUT2D eigenvalue weighted by Gasteiger charge is -2.12. The maximum atomic E-state index is 13.3. The van der Waals surface area contributed by atoms with Crippen molar-refractivity contribution in [2.45, 2.75) is 6.92 Å². The van der Waals surface area contributed by atoms with Crippen molar-refractivity contribution in [1.29, 1.82) is 0 Å². The van der Waals surface area contributed by atoms with Crippen LogP contribution in [-0.2, 0) is 11.8 Å². The third-order valence-corrected chi connectivity index (χ3v) is 5.12. The minimum atomic E-state index is -0.783. The maximum absolute atomic E-state index is 13.3. The van der Waals surface area contributed by atoms with E-state index in [1.807, 2.05) is 0 Å². The average molecular weight is 465 g/mol. The van der Waals surface area contributed by atoms with E-state index in [0.29, 0.717) is 11.4 Å². The van der Waals surface area contributed by atoms with Crippen molar-refractivity contribution in [2.75, 3.05) is 17.7 Å². The van der Waals surface area contributed by atoms with Crippen LogP contribution in [0.25, 0.3) is 16.7 Å². The Hall–Kier alpha value is -4.67. The Morgan fingerprint density at radius 2 is 1.76 bits per heavy atom. The van der Waals surface area contributed by atoms with Crippen molar-refractivity contribution < 1.29 is 18.7 Å². The largest absolute Gasteiger partial charge is 0.495 e. The number of nitrogens with zero attached hydrogens (tertiary/aromatic N) is 2. The molecule has 0 radical (unpaired) electrons. The van der Waals surface area contributed by atoms with Gasteiger partial charge in [-0.1, -0.05) is 0 Å². The number of fused-ring (bicyclic) bond motifs is 1. The van der Waals surface area contributed by atoms with Gasteiger partial charge < -0.3 is 24.9 Å². The summed E-state index contributed by atoms with van der Waals surface area (Å²) in [5.41, 5.74) is -0.383. The van der Waals surface area contributed by atoms with Crippen molar-refractivity contribution in [3.05, 3.63) is 80.9 Å². The Morgan fingerprint density at radius 3 is 2.41 bits per heavy atom. The monoisotopic (exact) mass is 465 g/mol. The van der Waals surface area contributed by atoms with Crippen LogP contribution in [0.1, 0.15) is 17.3 Å². The van der Waals surface area contributed by atoms with Gasteiger partial charge >= 0.3 is 5.69 Å². The number of carbonyl (C=O) groups excluding carboxylic acids is 2. The van der Waals surface area contributed by atoms with Gasteiger partial charge in [-0.2, -0.15) is 0 Å². The molecule has 0 fully saturated rings. The SMILES string of the molecule is COc1ccc(NC(C)=O)cc1NC(=O)c1cn(C)c2c(=O)n(-c3ccc(F)cc3)c(=O)[nH]c12. The van der Waals surface area contributed by atoms with Gasteiger partial charge in [-0.15, -0.1) is 0 Å². The van der Waals surface area contributed by atoms with Gasteiger partial charge in [-0.3, -0.25) is 14.4 Å². The number of anilines is 2. The van der Waals surface area contributed by atoms with Crippen LogP contribution in [0, 0.1) is 5.82 Å². The molecular weight excluding hydrogens is 445 g/mol. The summed E-state index contributed by atoms with van der Waals surface area (Å²) in [6.07, 6.45) is 1.41. The zero-order chi connectivity index (χ0) is 24.6. The normalized spacial score (nSPS) is 10.8. The Bertz CT molecular complexity index is 1550. The Morgan fingerprint density at radius 1 is 1.06 bits per heavy atom. The van der Waals surface area contributed by atoms with Crippen LogP contribution in [0.2, 0.25) is 0 Å². The summed E-state index contributed by atoms with van der Waals surface area (Å²) in [5, 5.41) is 5.31. The van der Waals surface area contributed by atoms with Gasteiger partial charge in [-0.25, -0.2) is 13.8 Å². The topological polar surface area (TPSA) is 127 Å². The molecule has 0 aliphatic carbocycles. The Kier molecular flexibility index (Phi) is 5.76. The van der Waals surface area contributed by atoms with Crippen molar-refractivity contribution in [3.8, 4) is 11.4 Å². The molecule has 0 spiro atoms. The molecule has 2 heterocycles. The minimum absolute atomic E-state index is 0.0462. The van der Waals surface area contributed by atoms with Crippen molar-refractivity contribution in [1.82, 2.24) is 14.1 Å². The lowest BCUT2D eigenvalue weighted by atomic mass is 10.2. The summed E-state index contributed by atoms with van der Waals surface area (Å²) in [6.45, 7) is 1.35. The molecule has 0 saturated heterocycles. The lowest BCUT2D eigenvalue weighted by molar-refractivity contribution is -0.114. The molecule has 4 rings (SSSR count). The molecule has 2 aromatic heterocycles. The molecule has 2 amide bonds. The number of benzene rings is 2. The van der Waals surface area contributed by atoms with Gasteiger partial charge in [0.1, 0.15) is 17.1 Å². The highest BCUT2D eigenvalue weighted by Gasteiger charge is 2.21. The molecule has 0 saturated carbocycles. The number of carbonyl (C=O) groups is 2. The Balaban J connectivity index is 1.78. The van der Waals surface area contributed by atoms with Crippen LogP contribution < -0.4 is 26.6 Å². The molecular formula is C23H20FN5O5. The van der Waals surface area contributed by atoms with E-state index in [-0.39, 0.29) is 33.9 Å². The number of nitrogens with one attached hydrogen (secondary N) is 3. The van der Waals surface area contributed by atoms with Crippen molar-refractivity contribution in [3.63, 3.8) is 0 Å². The van der Waals surface area contributed by atoms with E-state index in [9.17, 15) is 23.6 Å².